The monoisotopic (exact) mass is 332 g/mol. The number of amides is 2. The lowest BCUT2D eigenvalue weighted by atomic mass is 9.93. The van der Waals surface area contributed by atoms with Crippen molar-refractivity contribution in [1.82, 2.24) is 20.4 Å². The van der Waals surface area contributed by atoms with Crippen molar-refractivity contribution >= 4 is 6.03 Å². The maximum atomic E-state index is 12.2. The number of carbonyl (C=O) groups is 1. The second kappa shape index (κ2) is 8.33. The van der Waals surface area contributed by atoms with E-state index in [2.05, 4.69) is 21.8 Å². The molecule has 0 aromatic carbocycles. The Morgan fingerprint density at radius 1 is 1.33 bits per heavy atom. The van der Waals surface area contributed by atoms with Crippen molar-refractivity contribution in [1.29, 1.82) is 0 Å². The average molecular weight is 332 g/mol. The molecule has 0 bridgehead atoms. The van der Waals surface area contributed by atoms with Crippen LogP contribution in [0.15, 0.2) is 17.8 Å². The molecule has 1 atom stereocenters. The molecule has 0 spiro atoms. The van der Waals surface area contributed by atoms with Crippen LogP contribution in [0.5, 0.6) is 0 Å². The van der Waals surface area contributed by atoms with Gasteiger partial charge in [-0.15, -0.1) is 0 Å². The first kappa shape index (κ1) is 17.0. The first-order valence-corrected chi connectivity index (χ1v) is 9.15. The zero-order valence-corrected chi connectivity index (χ0v) is 14.3. The van der Waals surface area contributed by atoms with E-state index < -0.39 is 0 Å². The highest BCUT2D eigenvalue weighted by Crippen LogP contribution is 2.29. The van der Waals surface area contributed by atoms with Gasteiger partial charge in [0.25, 0.3) is 0 Å². The SMILES string of the molecule is O=C(NCCC1=CCCCC1)NC1CCCc2c1cnn2CCO. The molecular formula is C18H28N4O2. The van der Waals surface area contributed by atoms with Crippen LogP contribution in [-0.2, 0) is 13.0 Å². The third kappa shape index (κ3) is 4.17. The summed E-state index contributed by atoms with van der Waals surface area (Å²) >= 11 is 0. The van der Waals surface area contributed by atoms with E-state index >= 15 is 0 Å². The topological polar surface area (TPSA) is 79.2 Å². The van der Waals surface area contributed by atoms with E-state index in [9.17, 15) is 4.79 Å². The third-order valence-electron chi connectivity index (χ3n) is 5.00. The highest BCUT2D eigenvalue weighted by molar-refractivity contribution is 5.74. The summed E-state index contributed by atoms with van der Waals surface area (Å²) in [5, 5.41) is 19.5. The van der Waals surface area contributed by atoms with Gasteiger partial charge in [-0.25, -0.2) is 4.79 Å². The van der Waals surface area contributed by atoms with Gasteiger partial charge in [-0.05, 0) is 51.4 Å². The van der Waals surface area contributed by atoms with Crippen molar-refractivity contribution in [3.63, 3.8) is 0 Å². The van der Waals surface area contributed by atoms with Crippen molar-refractivity contribution < 1.29 is 9.90 Å². The Kier molecular flexibility index (Phi) is 5.91. The number of aliphatic hydroxyl groups excluding tert-OH is 1. The molecule has 0 aliphatic heterocycles. The van der Waals surface area contributed by atoms with Crippen LogP contribution in [0.2, 0.25) is 0 Å². The second-order valence-corrected chi connectivity index (χ2v) is 6.70. The fourth-order valence-electron chi connectivity index (χ4n) is 3.73. The van der Waals surface area contributed by atoms with E-state index in [1.54, 1.807) is 0 Å². The number of aromatic nitrogens is 2. The van der Waals surface area contributed by atoms with Crippen molar-refractivity contribution in [2.45, 2.75) is 64.0 Å². The first-order valence-electron chi connectivity index (χ1n) is 9.15. The maximum Gasteiger partial charge on any atom is 0.315 e. The summed E-state index contributed by atoms with van der Waals surface area (Å²) < 4.78 is 1.86. The van der Waals surface area contributed by atoms with Crippen LogP contribution < -0.4 is 10.6 Å². The lowest BCUT2D eigenvalue weighted by Gasteiger charge is -2.24. The van der Waals surface area contributed by atoms with E-state index in [-0.39, 0.29) is 18.7 Å². The van der Waals surface area contributed by atoms with Crippen LogP contribution in [0, 0.1) is 0 Å². The molecule has 6 heteroatoms. The summed E-state index contributed by atoms with van der Waals surface area (Å²) in [4.78, 5) is 12.2. The van der Waals surface area contributed by atoms with E-state index in [0.717, 1.165) is 36.9 Å². The highest BCUT2D eigenvalue weighted by atomic mass is 16.3. The largest absolute Gasteiger partial charge is 0.394 e. The number of fused-ring (bicyclic) bond motifs is 1. The summed E-state index contributed by atoms with van der Waals surface area (Å²) in [5.41, 5.74) is 3.72. The Bertz CT molecular complexity index is 594. The van der Waals surface area contributed by atoms with Crippen LogP contribution in [0.4, 0.5) is 4.79 Å². The molecule has 0 fully saturated rings. The molecule has 1 aromatic heterocycles. The Hall–Kier alpha value is -1.82. The minimum Gasteiger partial charge on any atom is -0.394 e. The van der Waals surface area contributed by atoms with Crippen LogP contribution in [0.3, 0.4) is 0 Å². The minimum absolute atomic E-state index is 0.0232. The molecule has 6 nitrogen and oxygen atoms in total. The molecule has 3 rings (SSSR count). The van der Waals surface area contributed by atoms with Gasteiger partial charge in [0.2, 0.25) is 0 Å². The number of rotatable bonds is 6. The number of hydrogen-bond donors (Lipinski definition) is 3. The summed E-state index contributed by atoms with van der Waals surface area (Å²) in [6.07, 6.45) is 13.0. The number of urea groups is 1. The maximum absolute atomic E-state index is 12.2. The molecule has 24 heavy (non-hydrogen) atoms. The number of allylic oxidation sites excluding steroid dienone is 1. The van der Waals surface area contributed by atoms with Gasteiger partial charge in [-0.1, -0.05) is 11.6 Å². The highest BCUT2D eigenvalue weighted by Gasteiger charge is 2.25. The van der Waals surface area contributed by atoms with Crippen LogP contribution >= 0.6 is 0 Å². The molecule has 1 aromatic rings. The van der Waals surface area contributed by atoms with Crippen LogP contribution in [0.25, 0.3) is 0 Å². The first-order chi connectivity index (χ1) is 11.8. The predicted octanol–water partition coefficient (Wildman–Crippen LogP) is 2.44. The molecule has 0 saturated carbocycles. The Morgan fingerprint density at radius 2 is 2.25 bits per heavy atom. The standard InChI is InChI=1S/C18H28N4O2/c23-12-11-22-17-8-4-7-16(15(17)13-20-22)21-18(24)19-10-9-14-5-2-1-3-6-14/h5,13,16,23H,1-4,6-12H2,(H2,19,21,24). The van der Waals surface area contributed by atoms with Gasteiger partial charge in [0.1, 0.15) is 0 Å². The molecule has 2 aliphatic rings. The van der Waals surface area contributed by atoms with Crippen LogP contribution in [-0.4, -0.2) is 34.1 Å². The molecule has 3 N–H and O–H groups in total. The molecular weight excluding hydrogens is 304 g/mol. The van der Waals surface area contributed by atoms with Gasteiger partial charge in [-0.3, -0.25) is 4.68 Å². The van der Waals surface area contributed by atoms with E-state index in [1.807, 2.05) is 10.9 Å². The molecule has 132 valence electrons. The molecule has 2 aliphatic carbocycles. The Morgan fingerprint density at radius 3 is 3.04 bits per heavy atom. The molecule has 2 amide bonds. The number of nitrogens with zero attached hydrogens (tertiary/aromatic N) is 2. The summed E-state index contributed by atoms with van der Waals surface area (Å²) in [6, 6.07) is -0.0748. The van der Waals surface area contributed by atoms with Crippen molar-refractivity contribution in [2.75, 3.05) is 13.2 Å². The summed E-state index contributed by atoms with van der Waals surface area (Å²) in [6.45, 7) is 1.30. The van der Waals surface area contributed by atoms with Gasteiger partial charge < -0.3 is 15.7 Å². The smallest absolute Gasteiger partial charge is 0.315 e. The molecule has 0 radical (unpaired) electrons. The zero-order chi connectivity index (χ0) is 16.8. The van der Waals surface area contributed by atoms with E-state index in [4.69, 9.17) is 5.11 Å². The lowest BCUT2D eigenvalue weighted by molar-refractivity contribution is 0.235. The fourth-order valence-corrected chi connectivity index (χ4v) is 3.73. The lowest BCUT2D eigenvalue weighted by Crippen LogP contribution is -2.39. The van der Waals surface area contributed by atoms with Crippen LogP contribution in [0.1, 0.15) is 62.2 Å². The molecule has 1 heterocycles. The number of carbonyl (C=O) groups excluding carboxylic acids is 1. The molecule has 0 saturated heterocycles. The summed E-state index contributed by atoms with van der Waals surface area (Å²) in [5.74, 6) is 0. The average Bonchev–Trinajstić information content (AvgIpc) is 3.00. The van der Waals surface area contributed by atoms with Crippen molar-refractivity contribution in [2.24, 2.45) is 0 Å². The zero-order valence-electron chi connectivity index (χ0n) is 14.3. The van der Waals surface area contributed by atoms with Gasteiger partial charge in [-0.2, -0.15) is 5.10 Å². The number of nitrogens with one attached hydrogen (secondary N) is 2. The van der Waals surface area contributed by atoms with Crippen molar-refractivity contribution in [3.8, 4) is 0 Å². The Labute approximate surface area is 143 Å². The third-order valence-corrected chi connectivity index (χ3v) is 5.00. The number of aliphatic hydroxyl groups is 1. The Balaban J connectivity index is 1.49. The van der Waals surface area contributed by atoms with Crippen molar-refractivity contribution in [3.05, 3.63) is 29.1 Å². The quantitative estimate of drug-likeness (QED) is 0.700. The van der Waals surface area contributed by atoms with Gasteiger partial charge in [0.15, 0.2) is 0 Å². The fraction of sp³-hybridized carbons (Fsp3) is 0.667. The van der Waals surface area contributed by atoms with Gasteiger partial charge in [0.05, 0.1) is 25.4 Å². The van der Waals surface area contributed by atoms with Gasteiger partial charge >= 0.3 is 6.03 Å². The molecule has 1 unspecified atom stereocenters. The summed E-state index contributed by atoms with van der Waals surface area (Å²) in [7, 11) is 0. The van der Waals surface area contributed by atoms with E-state index in [1.165, 1.54) is 31.3 Å². The minimum atomic E-state index is -0.0980. The second-order valence-electron chi connectivity index (χ2n) is 6.70. The predicted molar refractivity (Wildman–Crippen MR) is 92.7 cm³/mol. The normalized spacial score (nSPS) is 20.2. The van der Waals surface area contributed by atoms with E-state index in [0.29, 0.717) is 13.1 Å². The van der Waals surface area contributed by atoms with Gasteiger partial charge in [0, 0.05) is 17.8 Å². The number of hydrogen-bond acceptors (Lipinski definition) is 3.